The Morgan fingerprint density at radius 3 is 1.91 bits per heavy atom. The maximum Gasteiger partial charge on any atom is 0.252 e. The van der Waals surface area contributed by atoms with Crippen LogP contribution in [0.5, 0.6) is 0 Å². The third-order valence-corrected chi connectivity index (χ3v) is 7.76. The molecule has 2 atom stereocenters. The van der Waals surface area contributed by atoms with E-state index >= 15 is 0 Å². The van der Waals surface area contributed by atoms with E-state index in [1.807, 2.05) is 36.4 Å². The Morgan fingerprint density at radius 2 is 1.31 bits per heavy atom. The van der Waals surface area contributed by atoms with Gasteiger partial charge in [-0.05, 0) is 31.5 Å². The number of rotatable bonds is 0. The summed E-state index contributed by atoms with van der Waals surface area (Å²) in [5, 5.41) is 30.1. The first-order valence-corrected chi connectivity index (χ1v) is 11.0. The molecule has 0 fully saturated rings. The minimum atomic E-state index is -1.39. The number of aromatic nitrogens is 2. The van der Waals surface area contributed by atoms with E-state index in [1.165, 1.54) is 0 Å². The van der Waals surface area contributed by atoms with E-state index in [0.29, 0.717) is 6.54 Å². The van der Waals surface area contributed by atoms with Gasteiger partial charge < -0.3 is 24.7 Å². The van der Waals surface area contributed by atoms with Gasteiger partial charge in [0.15, 0.2) is 0 Å². The fourth-order valence-electron chi connectivity index (χ4n) is 5.90. The number of carbonyl (C=O) groups is 1. The van der Waals surface area contributed by atoms with Crippen molar-refractivity contribution in [2.45, 2.75) is 44.7 Å². The second-order valence-corrected chi connectivity index (χ2v) is 9.74. The summed E-state index contributed by atoms with van der Waals surface area (Å²) < 4.78 is 4.24. The molecule has 0 saturated heterocycles. The SMILES string of the molecule is CC1(O)Cn2c3ccccc3c3c4c(c5c6ccccc6n(c5c32)CC1(C)O)C(=O)NC4. The summed E-state index contributed by atoms with van der Waals surface area (Å²) in [5.41, 5.74) is 2.90. The molecule has 3 N–H and O–H groups in total. The van der Waals surface area contributed by atoms with Crippen LogP contribution in [0.25, 0.3) is 43.6 Å². The van der Waals surface area contributed by atoms with Crippen LogP contribution in [-0.2, 0) is 19.6 Å². The topological polar surface area (TPSA) is 79.4 Å². The van der Waals surface area contributed by atoms with Crippen LogP contribution in [0.15, 0.2) is 48.5 Å². The lowest BCUT2D eigenvalue weighted by Gasteiger charge is -2.41. The number of nitrogens with zero attached hydrogens (tertiary/aromatic N) is 2. The Morgan fingerprint density at radius 1 is 0.812 bits per heavy atom. The van der Waals surface area contributed by atoms with Crippen molar-refractivity contribution >= 4 is 49.5 Å². The minimum Gasteiger partial charge on any atom is -0.385 e. The molecule has 2 aromatic heterocycles. The first kappa shape index (κ1) is 18.2. The zero-order valence-electron chi connectivity index (χ0n) is 17.9. The first-order chi connectivity index (χ1) is 15.3. The van der Waals surface area contributed by atoms with Crippen LogP contribution in [0.2, 0.25) is 0 Å². The first-order valence-electron chi connectivity index (χ1n) is 11.0. The highest BCUT2D eigenvalue weighted by molar-refractivity contribution is 6.30. The second kappa shape index (κ2) is 5.52. The van der Waals surface area contributed by atoms with Crippen molar-refractivity contribution in [3.05, 3.63) is 59.7 Å². The van der Waals surface area contributed by atoms with E-state index in [0.717, 1.165) is 54.7 Å². The smallest absolute Gasteiger partial charge is 0.252 e. The highest BCUT2D eigenvalue weighted by Gasteiger charge is 2.45. The minimum absolute atomic E-state index is 0.0533. The zero-order chi connectivity index (χ0) is 22.0. The van der Waals surface area contributed by atoms with Gasteiger partial charge in [0.05, 0.1) is 29.7 Å². The van der Waals surface area contributed by atoms with E-state index in [4.69, 9.17) is 0 Å². The molecule has 2 aliphatic rings. The largest absolute Gasteiger partial charge is 0.385 e. The van der Waals surface area contributed by atoms with E-state index in [9.17, 15) is 15.0 Å². The molecular weight excluding hydrogens is 402 g/mol. The van der Waals surface area contributed by atoms with Crippen molar-refractivity contribution < 1.29 is 15.0 Å². The predicted octanol–water partition coefficient (Wildman–Crippen LogP) is 3.66. The Bertz CT molecular complexity index is 1650. The van der Waals surface area contributed by atoms with Crippen LogP contribution >= 0.6 is 0 Å². The monoisotopic (exact) mass is 425 g/mol. The van der Waals surface area contributed by atoms with Crippen molar-refractivity contribution in [1.82, 2.24) is 14.5 Å². The molecule has 6 nitrogen and oxygen atoms in total. The summed E-state index contributed by atoms with van der Waals surface area (Å²) in [6, 6.07) is 16.2. The van der Waals surface area contributed by atoms with Crippen molar-refractivity contribution in [3.8, 4) is 0 Å². The number of amides is 1. The summed E-state index contributed by atoms with van der Waals surface area (Å²) in [6.45, 7) is 4.37. The normalized spacial score (nSPS) is 25.1. The van der Waals surface area contributed by atoms with E-state index in [-0.39, 0.29) is 19.0 Å². The van der Waals surface area contributed by atoms with E-state index in [1.54, 1.807) is 13.8 Å². The van der Waals surface area contributed by atoms with Crippen molar-refractivity contribution in [1.29, 1.82) is 0 Å². The maximum absolute atomic E-state index is 13.1. The van der Waals surface area contributed by atoms with Gasteiger partial charge in [0, 0.05) is 39.1 Å². The average molecular weight is 425 g/mol. The van der Waals surface area contributed by atoms with Crippen LogP contribution in [-0.4, -0.2) is 36.5 Å². The molecular formula is C26H23N3O3. The van der Waals surface area contributed by atoms with Gasteiger partial charge in [0.1, 0.15) is 11.2 Å². The van der Waals surface area contributed by atoms with Crippen molar-refractivity contribution in [2.75, 3.05) is 0 Å². The fraction of sp³-hybridized carbons (Fsp3) is 0.269. The van der Waals surface area contributed by atoms with Gasteiger partial charge >= 0.3 is 0 Å². The van der Waals surface area contributed by atoms with Crippen LogP contribution in [0.4, 0.5) is 0 Å². The lowest BCUT2D eigenvalue weighted by Crippen LogP contribution is -2.55. The highest BCUT2D eigenvalue weighted by atomic mass is 16.4. The molecule has 3 aromatic carbocycles. The van der Waals surface area contributed by atoms with Gasteiger partial charge in [0.25, 0.3) is 5.91 Å². The molecule has 1 amide bonds. The summed E-state index contributed by atoms with van der Waals surface area (Å²) >= 11 is 0. The van der Waals surface area contributed by atoms with Crippen molar-refractivity contribution in [2.24, 2.45) is 0 Å². The molecule has 0 aliphatic carbocycles. The van der Waals surface area contributed by atoms with Gasteiger partial charge in [-0.25, -0.2) is 0 Å². The van der Waals surface area contributed by atoms with Crippen LogP contribution in [0.3, 0.4) is 0 Å². The van der Waals surface area contributed by atoms with Crippen LogP contribution in [0.1, 0.15) is 29.8 Å². The molecule has 0 spiro atoms. The third kappa shape index (κ3) is 1.96. The lowest BCUT2D eigenvalue weighted by atomic mass is 9.84. The maximum atomic E-state index is 13.1. The van der Waals surface area contributed by atoms with Gasteiger partial charge in [-0.2, -0.15) is 0 Å². The average Bonchev–Trinajstić information content (AvgIpc) is 3.39. The number of nitrogens with one attached hydrogen (secondary N) is 1. The number of para-hydroxylation sites is 2. The summed E-state index contributed by atoms with van der Waals surface area (Å²) in [7, 11) is 0. The summed E-state index contributed by atoms with van der Waals surface area (Å²) in [5.74, 6) is -0.0533. The molecule has 160 valence electrons. The van der Waals surface area contributed by atoms with Gasteiger partial charge in [0.2, 0.25) is 0 Å². The molecule has 0 bridgehead atoms. The number of hydrogen-bond acceptors (Lipinski definition) is 3. The molecule has 0 radical (unpaired) electrons. The van der Waals surface area contributed by atoms with E-state index < -0.39 is 11.2 Å². The standard InChI is InChI=1S/C26H23N3O3/c1-25(31)12-28-17-9-5-3-7-14(17)19-16-11-27-24(30)21(16)20-15-8-4-6-10-18(15)29(13-26(25,2)32)23(20)22(19)28/h3-10,31-32H,11-13H2,1-2H3,(H,27,30). The quantitative estimate of drug-likeness (QED) is 0.354. The molecule has 32 heavy (non-hydrogen) atoms. The Kier molecular flexibility index (Phi) is 3.15. The molecule has 0 saturated carbocycles. The molecule has 4 heterocycles. The zero-order valence-corrected chi connectivity index (χ0v) is 17.9. The number of benzene rings is 3. The Balaban J connectivity index is 1.87. The van der Waals surface area contributed by atoms with Crippen LogP contribution < -0.4 is 5.32 Å². The van der Waals surface area contributed by atoms with Gasteiger partial charge in [-0.3, -0.25) is 4.79 Å². The number of aliphatic hydroxyl groups is 2. The lowest BCUT2D eigenvalue weighted by molar-refractivity contribution is -0.145. The number of hydrogen-bond donors (Lipinski definition) is 3. The Hall–Kier alpha value is -3.35. The van der Waals surface area contributed by atoms with Gasteiger partial charge in [-0.1, -0.05) is 36.4 Å². The number of carbonyl (C=O) groups excluding carboxylic acids is 1. The third-order valence-electron chi connectivity index (χ3n) is 7.76. The van der Waals surface area contributed by atoms with Gasteiger partial charge in [-0.15, -0.1) is 0 Å². The predicted molar refractivity (Wildman–Crippen MR) is 125 cm³/mol. The summed E-state index contributed by atoms with van der Waals surface area (Å²) in [6.07, 6.45) is 0. The molecule has 6 heteroatoms. The second-order valence-electron chi connectivity index (χ2n) is 9.74. The summed E-state index contributed by atoms with van der Waals surface area (Å²) in [4.78, 5) is 13.1. The molecule has 2 aliphatic heterocycles. The molecule has 2 unspecified atom stereocenters. The van der Waals surface area contributed by atoms with E-state index in [2.05, 4.69) is 26.6 Å². The van der Waals surface area contributed by atoms with Crippen molar-refractivity contribution in [3.63, 3.8) is 0 Å². The Labute approximate surface area is 183 Å². The molecule has 5 aromatic rings. The molecule has 7 rings (SSSR count). The number of fused-ring (bicyclic) bond motifs is 9. The fourth-order valence-corrected chi connectivity index (χ4v) is 5.90. The highest BCUT2D eigenvalue weighted by Crippen LogP contribution is 2.47. The van der Waals surface area contributed by atoms with Crippen LogP contribution in [0, 0.1) is 0 Å².